The van der Waals surface area contributed by atoms with Crippen LogP contribution in [0.5, 0.6) is 0 Å². The molecule has 0 bridgehead atoms. The predicted molar refractivity (Wildman–Crippen MR) is 214 cm³/mol. The first kappa shape index (κ1) is 28.5. The highest BCUT2D eigenvalue weighted by Gasteiger charge is 2.20. The molecule has 3 nitrogen and oxygen atoms in total. The Morgan fingerprint density at radius 3 is 1.98 bits per heavy atom. The van der Waals surface area contributed by atoms with Crippen LogP contribution in [0.25, 0.3) is 83.2 Å². The van der Waals surface area contributed by atoms with Gasteiger partial charge in [-0.25, -0.2) is 0 Å². The fourth-order valence-electron chi connectivity index (χ4n) is 8.73. The summed E-state index contributed by atoms with van der Waals surface area (Å²) in [4.78, 5) is 0. The van der Waals surface area contributed by atoms with Gasteiger partial charge in [0.1, 0.15) is 11.2 Å². The Bertz CT molecular complexity index is 2920. The second kappa shape index (κ2) is 11.1. The summed E-state index contributed by atoms with van der Waals surface area (Å²) in [5.74, 6) is 0. The summed E-state index contributed by atoms with van der Waals surface area (Å²) in [6.45, 7) is 0. The zero-order valence-corrected chi connectivity index (χ0v) is 28.1. The second-order valence-electron chi connectivity index (χ2n) is 13.9. The molecular weight excluding hydrogens is 621 g/mol. The van der Waals surface area contributed by atoms with Crippen molar-refractivity contribution in [1.29, 1.82) is 0 Å². The molecule has 0 saturated heterocycles. The van der Waals surface area contributed by atoms with E-state index in [-0.39, 0.29) is 0 Å². The van der Waals surface area contributed by atoms with E-state index in [1.54, 1.807) is 0 Å². The first-order chi connectivity index (χ1) is 25.3. The molecule has 0 atom stereocenters. The van der Waals surface area contributed by atoms with Crippen LogP contribution in [0, 0.1) is 0 Å². The van der Waals surface area contributed by atoms with Crippen molar-refractivity contribution in [3.8, 4) is 11.4 Å². The van der Waals surface area contributed by atoms with Gasteiger partial charge < -0.3 is 13.6 Å². The summed E-state index contributed by atoms with van der Waals surface area (Å²) < 4.78 is 11.2. The monoisotopic (exact) mass is 654 g/mol. The number of hydrogen-bond donors (Lipinski definition) is 0. The van der Waals surface area contributed by atoms with Crippen LogP contribution in [0.1, 0.15) is 41.6 Å². The molecule has 0 unspecified atom stereocenters. The van der Waals surface area contributed by atoms with Crippen LogP contribution >= 0.6 is 0 Å². The molecule has 2 aliphatic rings. The van der Waals surface area contributed by atoms with Gasteiger partial charge in [-0.05, 0) is 120 Å². The minimum absolute atomic E-state index is 0.923. The summed E-state index contributed by atoms with van der Waals surface area (Å²) >= 11 is 0. The molecule has 3 aromatic heterocycles. The van der Waals surface area contributed by atoms with E-state index in [0.29, 0.717) is 0 Å². The third kappa shape index (κ3) is 4.38. The molecule has 3 heteroatoms. The van der Waals surface area contributed by atoms with Gasteiger partial charge in [0.05, 0.1) is 16.6 Å². The third-order valence-electron chi connectivity index (χ3n) is 11.1. The Morgan fingerprint density at radius 1 is 0.490 bits per heavy atom. The summed E-state index contributed by atoms with van der Waals surface area (Å²) in [5, 5.41) is 6.23. The molecule has 51 heavy (non-hydrogen) atoms. The number of nitrogens with zero attached hydrogens (tertiary/aromatic N) is 2. The highest BCUT2D eigenvalue weighted by Crippen LogP contribution is 2.39. The topological polar surface area (TPSA) is 23.0 Å². The average Bonchev–Trinajstić information content (AvgIpc) is 3.85. The van der Waals surface area contributed by atoms with E-state index in [2.05, 4.69) is 167 Å². The van der Waals surface area contributed by atoms with E-state index in [0.717, 1.165) is 47.6 Å². The zero-order chi connectivity index (χ0) is 33.5. The lowest BCUT2D eigenvalue weighted by Crippen LogP contribution is -2.00. The number of hydrogen-bond acceptors (Lipinski definition) is 1. The van der Waals surface area contributed by atoms with Gasteiger partial charge in [0.25, 0.3) is 0 Å². The molecule has 6 aromatic carbocycles. The van der Waals surface area contributed by atoms with Crippen molar-refractivity contribution in [2.24, 2.45) is 0 Å². The Balaban J connectivity index is 0.995. The molecule has 0 radical (unpaired) electrons. The van der Waals surface area contributed by atoms with Gasteiger partial charge >= 0.3 is 0 Å². The molecule has 9 aromatic rings. The molecule has 2 aliphatic carbocycles. The summed E-state index contributed by atoms with van der Waals surface area (Å²) in [7, 11) is 0. The maximum Gasteiger partial charge on any atom is 0.135 e. The van der Waals surface area contributed by atoms with Crippen LogP contribution in [-0.2, 0) is 6.42 Å². The van der Waals surface area contributed by atoms with Crippen molar-refractivity contribution in [3.63, 3.8) is 0 Å². The van der Waals surface area contributed by atoms with Gasteiger partial charge in [0, 0.05) is 44.0 Å². The molecule has 0 fully saturated rings. The van der Waals surface area contributed by atoms with E-state index < -0.39 is 0 Å². The second-order valence-corrected chi connectivity index (χ2v) is 13.9. The fraction of sp³-hybridized carbons (Fsp3) is 0.0833. The van der Waals surface area contributed by atoms with E-state index in [1.165, 1.54) is 77.6 Å². The van der Waals surface area contributed by atoms with E-state index in [4.69, 9.17) is 4.42 Å². The van der Waals surface area contributed by atoms with Gasteiger partial charge in [-0.15, -0.1) is 0 Å². The van der Waals surface area contributed by atoms with Crippen LogP contribution in [0.3, 0.4) is 0 Å². The highest BCUT2D eigenvalue weighted by atomic mass is 16.3. The molecule has 0 amide bonds. The molecule has 0 saturated carbocycles. The smallest absolute Gasteiger partial charge is 0.135 e. The standard InChI is InChI=1S/C48H34N2O/c1-5-19-43-37(15-1)38-16-2-6-20-44(38)49(43)35-14-10-13-33(28-35)31-11-9-12-32(27-31)34-23-25-47-41(29-34)42-30-36(24-26-48(42)51-47)50-45-21-7-3-17-39(45)40-18-4-8-22-46(40)50/h1-3,5-8,10-11,13-17,19-30H,4,9,12,18H2. The van der Waals surface area contributed by atoms with Crippen molar-refractivity contribution in [3.05, 3.63) is 174 Å². The first-order valence-electron chi connectivity index (χ1n) is 18.0. The van der Waals surface area contributed by atoms with Crippen molar-refractivity contribution < 1.29 is 4.42 Å². The van der Waals surface area contributed by atoms with Gasteiger partial charge in [-0.3, -0.25) is 0 Å². The normalized spacial score (nSPS) is 14.5. The maximum absolute atomic E-state index is 6.41. The number of benzene rings is 6. The average molecular weight is 655 g/mol. The SMILES string of the molecule is C1=Cc2c(c3ccccc3n2-c2ccc3oc4ccc(C5=CC(c6cccc(-n7c8ccccc8c8ccccc87)c6)=CCC5)cc4c3c2)CC1. The van der Waals surface area contributed by atoms with Crippen LogP contribution in [-0.4, -0.2) is 9.13 Å². The minimum Gasteiger partial charge on any atom is -0.456 e. The first-order valence-corrected chi connectivity index (χ1v) is 18.0. The number of para-hydroxylation sites is 3. The number of allylic oxidation sites excluding steroid dienone is 5. The number of fused-ring (bicyclic) bond motifs is 9. The summed E-state index contributed by atoms with van der Waals surface area (Å²) in [6.07, 6.45) is 13.6. The third-order valence-corrected chi connectivity index (χ3v) is 11.1. The summed E-state index contributed by atoms with van der Waals surface area (Å²) in [6, 6.07) is 48.7. The Kier molecular flexibility index (Phi) is 6.20. The van der Waals surface area contributed by atoms with Crippen LogP contribution < -0.4 is 0 Å². The predicted octanol–water partition coefficient (Wildman–Crippen LogP) is 12.8. The molecule has 11 rings (SSSR count). The van der Waals surface area contributed by atoms with Crippen molar-refractivity contribution in [2.75, 3.05) is 0 Å². The van der Waals surface area contributed by atoms with Gasteiger partial charge in [0.15, 0.2) is 0 Å². The summed E-state index contributed by atoms with van der Waals surface area (Å²) in [5.41, 5.74) is 15.8. The number of furan rings is 1. The molecular formula is C48H34N2O. The maximum atomic E-state index is 6.41. The van der Waals surface area contributed by atoms with Crippen molar-refractivity contribution in [1.82, 2.24) is 9.13 Å². The largest absolute Gasteiger partial charge is 0.456 e. The Morgan fingerprint density at radius 2 is 1.18 bits per heavy atom. The molecule has 242 valence electrons. The zero-order valence-electron chi connectivity index (χ0n) is 28.1. The minimum atomic E-state index is 0.923. The van der Waals surface area contributed by atoms with Crippen molar-refractivity contribution in [2.45, 2.75) is 25.7 Å². The van der Waals surface area contributed by atoms with Crippen LogP contribution in [0.15, 0.2) is 156 Å². The van der Waals surface area contributed by atoms with Gasteiger partial charge in [-0.2, -0.15) is 0 Å². The number of aryl methyl sites for hydroxylation is 1. The quantitative estimate of drug-likeness (QED) is 0.185. The van der Waals surface area contributed by atoms with E-state index in [1.807, 2.05) is 0 Å². The molecule has 0 aliphatic heterocycles. The lowest BCUT2D eigenvalue weighted by Gasteiger charge is -2.16. The van der Waals surface area contributed by atoms with Gasteiger partial charge in [-0.1, -0.05) is 91.0 Å². The highest BCUT2D eigenvalue weighted by molar-refractivity contribution is 6.09. The molecule has 0 N–H and O–H groups in total. The number of rotatable bonds is 4. The van der Waals surface area contributed by atoms with E-state index in [9.17, 15) is 0 Å². The molecule has 0 spiro atoms. The lowest BCUT2D eigenvalue weighted by atomic mass is 9.90. The Hall–Kier alpha value is -6.32. The van der Waals surface area contributed by atoms with Crippen molar-refractivity contribution >= 4 is 71.9 Å². The fourth-order valence-corrected chi connectivity index (χ4v) is 8.73. The lowest BCUT2D eigenvalue weighted by molar-refractivity contribution is 0.669. The van der Waals surface area contributed by atoms with Gasteiger partial charge in [0.2, 0.25) is 0 Å². The van der Waals surface area contributed by atoms with Crippen LogP contribution in [0.2, 0.25) is 0 Å². The molecule has 3 heterocycles. The van der Waals surface area contributed by atoms with Crippen LogP contribution in [0.4, 0.5) is 0 Å². The number of aromatic nitrogens is 2. The van der Waals surface area contributed by atoms with E-state index >= 15 is 0 Å². The Labute approximate surface area is 295 Å².